The largest absolute Gasteiger partial charge is 0.478 e. The molecule has 0 fully saturated rings. The molecule has 4 aromatic rings. The van der Waals surface area contributed by atoms with Crippen LogP contribution in [0, 0.1) is 0 Å². The summed E-state index contributed by atoms with van der Waals surface area (Å²) in [5, 5.41) is 20.2. The molecule has 0 saturated heterocycles. The summed E-state index contributed by atoms with van der Waals surface area (Å²) in [6, 6.07) is 5.82. The summed E-state index contributed by atoms with van der Waals surface area (Å²) in [7, 11) is 0. The number of benzene rings is 1. The monoisotopic (exact) mass is 405 g/mol. The maximum absolute atomic E-state index is 12.9. The zero-order valence-electron chi connectivity index (χ0n) is 15.7. The summed E-state index contributed by atoms with van der Waals surface area (Å²) >= 11 is 0. The minimum atomic E-state index is -1.14. The molecule has 0 unspecified atom stereocenters. The second-order valence-corrected chi connectivity index (χ2v) is 6.21. The summed E-state index contributed by atoms with van der Waals surface area (Å²) in [5.41, 5.74) is 1.79. The molecule has 0 radical (unpaired) electrons. The average Bonchev–Trinajstić information content (AvgIpc) is 3.40. The molecule has 11 heteroatoms. The first-order chi connectivity index (χ1) is 14.5. The van der Waals surface area contributed by atoms with Crippen molar-refractivity contribution in [2.45, 2.75) is 6.92 Å². The Morgan fingerprint density at radius 2 is 2.10 bits per heavy atom. The number of hydrogen-bond donors (Lipinski definition) is 2. The fourth-order valence-corrected chi connectivity index (χ4v) is 2.84. The van der Waals surface area contributed by atoms with Gasteiger partial charge in [-0.1, -0.05) is 12.6 Å². The van der Waals surface area contributed by atoms with Crippen LogP contribution in [0.1, 0.15) is 17.3 Å². The Balaban J connectivity index is 1.91. The van der Waals surface area contributed by atoms with E-state index in [0.29, 0.717) is 11.3 Å². The van der Waals surface area contributed by atoms with Gasteiger partial charge in [0.25, 0.3) is 0 Å². The van der Waals surface area contributed by atoms with E-state index in [-0.39, 0.29) is 28.5 Å². The predicted molar refractivity (Wildman–Crippen MR) is 105 cm³/mol. The summed E-state index contributed by atoms with van der Waals surface area (Å²) in [4.78, 5) is 34.0. The first kappa shape index (κ1) is 18.8. The van der Waals surface area contributed by atoms with E-state index in [1.807, 2.05) is 0 Å². The highest BCUT2D eigenvalue weighted by Crippen LogP contribution is 2.30. The number of carbonyl (C=O) groups is 2. The Hall–Kier alpha value is -4.54. The van der Waals surface area contributed by atoms with Gasteiger partial charge in [0.2, 0.25) is 0 Å². The van der Waals surface area contributed by atoms with Crippen LogP contribution in [0.4, 0.5) is 16.3 Å². The van der Waals surface area contributed by atoms with Gasteiger partial charge in [0.15, 0.2) is 11.5 Å². The molecule has 3 aromatic heterocycles. The molecule has 3 heterocycles. The van der Waals surface area contributed by atoms with Crippen LogP contribution in [0.5, 0.6) is 0 Å². The van der Waals surface area contributed by atoms with Gasteiger partial charge in [-0.25, -0.2) is 29.0 Å². The van der Waals surface area contributed by atoms with Gasteiger partial charge in [-0.2, -0.15) is 10.2 Å². The SMILES string of the molecule is C=C(C)OC(=O)N(c1cccc(C(=O)O)c1)c1ncc(-c2cn[nH]c2)n2ncnc12. The molecule has 0 spiro atoms. The lowest BCUT2D eigenvalue weighted by Crippen LogP contribution is -2.28. The number of nitrogens with one attached hydrogen (secondary N) is 1. The smallest absolute Gasteiger partial charge is 0.425 e. The zero-order valence-corrected chi connectivity index (χ0v) is 15.7. The summed E-state index contributed by atoms with van der Waals surface area (Å²) in [6.07, 6.45) is 5.27. The molecule has 4 rings (SSSR count). The van der Waals surface area contributed by atoms with Crippen molar-refractivity contribution in [1.82, 2.24) is 29.8 Å². The molecule has 0 aliphatic carbocycles. The second kappa shape index (κ2) is 7.47. The van der Waals surface area contributed by atoms with Gasteiger partial charge >= 0.3 is 12.1 Å². The van der Waals surface area contributed by atoms with E-state index >= 15 is 0 Å². The van der Waals surface area contributed by atoms with Crippen LogP contribution >= 0.6 is 0 Å². The van der Waals surface area contributed by atoms with E-state index in [2.05, 4.69) is 31.8 Å². The fraction of sp³-hybridized carbons (Fsp3) is 0.0526. The number of carbonyl (C=O) groups excluding carboxylic acids is 1. The van der Waals surface area contributed by atoms with Crippen LogP contribution in [0.25, 0.3) is 16.9 Å². The van der Waals surface area contributed by atoms with Crippen LogP contribution in [0.2, 0.25) is 0 Å². The van der Waals surface area contributed by atoms with Crippen LogP contribution in [-0.4, -0.2) is 46.9 Å². The lowest BCUT2D eigenvalue weighted by molar-refractivity contribution is 0.0696. The van der Waals surface area contributed by atoms with Crippen LogP contribution in [0.3, 0.4) is 0 Å². The molecule has 2 N–H and O–H groups in total. The molecule has 0 saturated carbocycles. The van der Waals surface area contributed by atoms with E-state index < -0.39 is 12.1 Å². The lowest BCUT2D eigenvalue weighted by atomic mass is 10.2. The normalized spacial score (nSPS) is 10.7. The third-order valence-corrected chi connectivity index (χ3v) is 4.09. The number of allylic oxidation sites excluding steroid dienone is 1. The van der Waals surface area contributed by atoms with Crippen molar-refractivity contribution in [3.63, 3.8) is 0 Å². The molecule has 30 heavy (non-hydrogen) atoms. The highest BCUT2D eigenvalue weighted by Gasteiger charge is 2.26. The average molecular weight is 405 g/mol. The number of H-pyrrole nitrogens is 1. The van der Waals surface area contributed by atoms with Gasteiger partial charge in [-0.05, 0) is 25.1 Å². The Morgan fingerprint density at radius 3 is 2.80 bits per heavy atom. The first-order valence-electron chi connectivity index (χ1n) is 8.64. The Kier molecular flexibility index (Phi) is 4.68. The van der Waals surface area contributed by atoms with Crippen molar-refractivity contribution in [3.8, 4) is 11.3 Å². The molecule has 1 amide bonds. The molecule has 1 aromatic carbocycles. The van der Waals surface area contributed by atoms with Crippen LogP contribution in [0.15, 0.2) is 61.5 Å². The van der Waals surface area contributed by atoms with Crippen LogP contribution in [-0.2, 0) is 4.74 Å². The van der Waals surface area contributed by atoms with E-state index in [0.717, 1.165) is 4.90 Å². The Bertz CT molecular complexity index is 1260. The summed E-state index contributed by atoms with van der Waals surface area (Å²) in [6.45, 7) is 5.10. The number of aromatic nitrogens is 6. The molecule has 0 bridgehead atoms. The number of amides is 1. The highest BCUT2D eigenvalue weighted by molar-refractivity contribution is 6.00. The predicted octanol–water partition coefficient (Wildman–Crippen LogP) is 3.02. The quantitative estimate of drug-likeness (QED) is 0.483. The van der Waals surface area contributed by atoms with Crippen LogP contribution < -0.4 is 4.90 Å². The third-order valence-electron chi connectivity index (χ3n) is 4.09. The number of hydrogen-bond acceptors (Lipinski definition) is 7. The number of aromatic amines is 1. The van der Waals surface area contributed by atoms with Gasteiger partial charge in [0.05, 0.1) is 35.1 Å². The Labute approximate surface area is 169 Å². The number of carboxylic acid groups (broad SMARTS) is 1. The van der Waals surface area contributed by atoms with Crippen molar-refractivity contribution < 1.29 is 19.4 Å². The number of nitrogens with zero attached hydrogens (tertiary/aromatic N) is 6. The lowest BCUT2D eigenvalue weighted by Gasteiger charge is -2.22. The van der Waals surface area contributed by atoms with Crippen molar-refractivity contribution in [2.75, 3.05) is 4.90 Å². The first-order valence-corrected chi connectivity index (χ1v) is 8.64. The number of carboxylic acids is 1. The van der Waals surface area contributed by atoms with Crippen molar-refractivity contribution >= 4 is 29.2 Å². The molecular weight excluding hydrogens is 390 g/mol. The summed E-state index contributed by atoms with van der Waals surface area (Å²) < 4.78 is 6.68. The molecule has 150 valence electrons. The number of anilines is 2. The maximum Gasteiger partial charge on any atom is 0.425 e. The van der Waals surface area contributed by atoms with Gasteiger partial charge < -0.3 is 9.84 Å². The molecular formula is C19H15N7O4. The van der Waals surface area contributed by atoms with E-state index in [9.17, 15) is 14.7 Å². The maximum atomic E-state index is 12.9. The number of aromatic carboxylic acids is 1. The molecule has 0 aliphatic heterocycles. The van der Waals surface area contributed by atoms with Gasteiger partial charge in [-0.15, -0.1) is 0 Å². The molecule has 0 atom stereocenters. The number of fused-ring (bicyclic) bond motifs is 1. The molecule has 11 nitrogen and oxygen atoms in total. The van der Waals surface area contributed by atoms with Gasteiger partial charge in [0.1, 0.15) is 6.33 Å². The van der Waals surface area contributed by atoms with Crippen molar-refractivity contribution in [3.05, 3.63) is 67.1 Å². The fourth-order valence-electron chi connectivity index (χ4n) is 2.84. The van der Waals surface area contributed by atoms with Crippen molar-refractivity contribution in [1.29, 1.82) is 0 Å². The molecule has 0 aliphatic rings. The number of ether oxygens (including phenoxy) is 1. The second-order valence-electron chi connectivity index (χ2n) is 6.21. The van der Waals surface area contributed by atoms with E-state index in [1.54, 1.807) is 18.5 Å². The number of rotatable bonds is 5. The van der Waals surface area contributed by atoms with E-state index in [4.69, 9.17) is 4.74 Å². The Morgan fingerprint density at radius 1 is 1.27 bits per heavy atom. The standard InChI is InChI=1S/C19H15N7O4/c1-11(2)30-19(29)25(14-5-3-4-12(6-14)18(27)28)16-17-21-10-24-26(17)15(9-20-16)13-7-22-23-8-13/h3-10H,1H2,2H3,(H,22,23)(H,27,28). The zero-order chi connectivity index (χ0) is 21.3. The van der Waals surface area contributed by atoms with Gasteiger partial charge in [0, 0.05) is 11.8 Å². The van der Waals surface area contributed by atoms with Crippen molar-refractivity contribution in [2.24, 2.45) is 0 Å². The topological polar surface area (TPSA) is 139 Å². The highest BCUT2D eigenvalue weighted by atomic mass is 16.6. The van der Waals surface area contributed by atoms with E-state index in [1.165, 1.54) is 42.2 Å². The summed E-state index contributed by atoms with van der Waals surface area (Å²) in [5.74, 6) is -0.874. The van der Waals surface area contributed by atoms with Gasteiger partial charge in [-0.3, -0.25) is 5.10 Å². The minimum absolute atomic E-state index is 0.00636. The minimum Gasteiger partial charge on any atom is -0.478 e. The third kappa shape index (κ3) is 3.35.